The summed E-state index contributed by atoms with van der Waals surface area (Å²) < 4.78 is 5.39. The fourth-order valence-corrected chi connectivity index (χ4v) is 1.68. The maximum absolute atomic E-state index is 10.4. The number of hydrogen-bond donors (Lipinski definition) is 1. The van der Waals surface area contributed by atoms with E-state index in [4.69, 9.17) is 9.52 Å². The van der Waals surface area contributed by atoms with E-state index in [1.165, 1.54) is 0 Å². The van der Waals surface area contributed by atoms with Crippen LogP contribution >= 0.6 is 0 Å². The van der Waals surface area contributed by atoms with Crippen molar-refractivity contribution in [1.29, 1.82) is 0 Å². The van der Waals surface area contributed by atoms with Crippen LogP contribution in [0.5, 0.6) is 0 Å². The standard InChI is InChI=1S/C12H12O3/c13-11(14)5-1-3-9-6-7-10-4-2-8-15-12(9)10/h2,4,6-8H,1,3,5H2,(H,13,14). The number of carboxylic acids is 1. The van der Waals surface area contributed by atoms with Crippen molar-refractivity contribution in [3.05, 3.63) is 36.1 Å². The Kier molecular flexibility index (Phi) is 2.72. The van der Waals surface area contributed by atoms with Crippen molar-refractivity contribution in [2.75, 3.05) is 0 Å². The van der Waals surface area contributed by atoms with E-state index in [2.05, 4.69) is 0 Å². The van der Waals surface area contributed by atoms with Gasteiger partial charge in [-0.05, 0) is 30.5 Å². The third-order valence-corrected chi connectivity index (χ3v) is 2.39. The number of aryl methyl sites for hydroxylation is 1. The van der Waals surface area contributed by atoms with E-state index >= 15 is 0 Å². The molecular weight excluding hydrogens is 192 g/mol. The molecule has 2 aliphatic rings. The third kappa shape index (κ3) is 2.18. The van der Waals surface area contributed by atoms with E-state index in [-0.39, 0.29) is 6.42 Å². The van der Waals surface area contributed by atoms with Gasteiger partial charge in [-0.25, -0.2) is 0 Å². The number of rotatable bonds is 4. The monoisotopic (exact) mass is 204 g/mol. The molecule has 1 aliphatic heterocycles. The fourth-order valence-electron chi connectivity index (χ4n) is 1.68. The Morgan fingerprint density at radius 1 is 1.33 bits per heavy atom. The maximum Gasteiger partial charge on any atom is 0.303 e. The summed E-state index contributed by atoms with van der Waals surface area (Å²) in [6, 6.07) is 7.83. The second kappa shape index (κ2) is 4.17. The highest BCUT2D eigenvalue weighted by Crippen LogP contribution is 2.28. The molecule has 78 valence electrons. The zero-order valence-electron chi connectivity index (χ0n) is 8.27. The minimum atomic E-state index is -0.747. The highest BCUT2D eigenvalue weighted by Gasteiger charge is 2.10. The van der Waals surface area contributed by atoms with Gasteiger partial charge in [0.15, 0.2) is 0 Å². The molecule has 0 aromatic carbocycles. The molecule has 15 heavy (non-hydrogen) atoms. The first-order valence-electron chi connectivity index (χ1n) is 4.94. The minimum Gasteiger partial charge on any atom is -0.481 e. The summed E-state index contributed by atoms with van der Waals surface area (Å²) in [5.41, 5.74) is 2.16. The molecule has 0 aromatic heterocycles. The normalized spacial score (nSPS) is 10.7. The van der Waals surface area contributed by atoms with Crippen LogP contribution < -0.4 is 0 Å². The van der Waals surface area contributed by atoms with E-state index in [0.717, 1.165) is 23.3 Å². The van der Waals surface area contributed by atoms with Crippen LogP contribution in [0.3, 0.4) is 0 Å². The van der Waals surface area contributed by atoms with Crippen molar-refractivity contribution < 1.29 is 14.3 Å². The van der Waals surface area contributed by atoms with E-state index in [1.807, 2.05) is 24.3 Å². The first-order chi connectivity index (χ1) is 7.27. The van der Waals surface area contributed by atoms with E-state index < -0.39 is 5.97 Å². The summed E-state index contributed by atoms with van der Waals surface area (Å²) in [6.07, 6.45) is 3.25. The molecule has 0 amide bonds. The molecule has 0 bridgehead atoms. The van der Waals surface area contributed by atoms with Gasteiger partial charge in [-0.2, -0.15) is 0 Å². The summed E-state index contributed by atoms with van der Waals surface area (Å²) in [5, 5.41) is 8.53. The zero-order valence-corrected chi connectivity index (χ0v) is 8.27. The molecule has 0 aromatic rings. The Labute approximate surface area is 87.7 Å². The van der Waals surface area contributed by atoms with Crippen molar-refractivity contribution in [2.45, 2.75) is 19.3 Å². The molecule has 2 rings (SSSR count). The van der Waals surface area contributed by atoms with Crippen LogP contribution in [0.1, 0.15) is 18.4 Å². The molecule has 0 spiro atoms. The van der Waals surface area contributed by atoms with Crippen molar-refractivity contribution >= 4 is 5.97 Å². The van der Waals surface area contributed by atoms with Crippen LogP contribution in [0.2, 0.25) is 0 Å². The number of aliphatic carboxylic acids is 1. The fraction of sp³-hybridized carbons (Fsp3) is 0.250. The van der Waals surface area contributed by atoms with Crippen molar-refractivity contribution in [2.24, 2.45) is 0 Å². The summed E-state index contributed by atoms with van der Waals surface area (Å²) in [5.74, 6) is 0.130. The lowest BCUT2D eigenvalue weighted by atomic mass is 10.1. The van der Waals surface area contributed by atoms with Gasteiger partial charge in [0.25, 0.3) is 0 Å². The SMILES string of the molecule is O=C(O)CCCc1ccc2cccoc1-2. The molecule has 1 N–H and O–H groups in total. The molecule has 3 heteroatoms. The van der Waals surface area contributed by atoms with Gasteiger partial charge in [0.1, 0.15) is 5.76 Å². The van der Waals surface area contributed by atoms with Gasteiger partial charge < -0.3 is 9.52 Å². The summed E-state index contributed by atoms with van der Waals surface area (Å²) in [4.78, 5) is 10.4. The number of carboxylic acid groups (broad SMARTS) is 1. The molecule has 0 radical (unpaired) electrons. The van der Waals surface area contributed by atoms with Crippen LogP contribution in [0.4, 0.5) is 0 Å². The highest BCUT2D eigenvalue weighted by molar-refractivity contribution is 5.67. The summed E-state index contributed by atoms with van der Waals surface area (Å²) in [6.45, 7) is 0. The van der Waals surface area contributed by atoms with Crippen molar-refractivity contribution in [1.82, 2.24) is 0 Å². The third-order valence-electron chi connectivity index (χ3n) is 2.39. The average molecular weight is 204 g/mol. The molecule has 3 nitrogen and oxygen atoms in total. The second-order valence-electron chi connectivity index (χ2n) is 3.50. The summed E-state index contributed by atoms with van der Waals surface area (Å²) in [7, 11) is 0. The number of fused-ring (bicyclic) bond motifs is 1. The van der Waals surface area contributed by atoms with Crippen LogP contribution in [-0.2, 0) is 11.2 Å². The van der Waals surface area contributed by atoms with E-state index in [1.54, 1.807) is 6.26 Å². The van der Waals surface area contributed by atoms with Gasteiger partial charge >= 0.3 is 5.97 Å². The second-order valence-corrected chi connectivity index (χ2v) is 3.50. The Hall–Kier alpha value is -1.77. The lowest BCUT2D eigenvalue weighted by molar-refractivity contribution is -0.137. The van der Waals surface area contributed by atoms with Crippen LogP contribution in [0, 0.1) is 0 Å². The van der Waals surface area contributed by atoms with E-state index in [9.17, 15) is 4.79 Å². The topological polar surface area (TPSA) is 50.4 Å². The largest absolute Gasteiger partial charge is 0.481 e. The predicted octanol–water partition coefficient (Wildman–Crippen LogP) is 2.79. The maximum atomic E-state index is 10.4. The summed E-state index contributed by atoms with van der Waals surface area (Å²) >= 11 is 0. The zero-order chi connectivity index (χ0) is 10.7. The van der Waals surface area contributed by atoms with Crippen LogP contribution in [-0.4, -0.2) is 11.1 Å². The molecule has 0 saturated carbocycles. The lowest BCUT2D eigenvalue weighted by Crippen LogP contribution is -1.95. The van der Waals surface area contributed by atoms with Crippen molar-refractivity contribution in [3.63, 3.8) is 0 Å². The van der Waals surface area contributed by atoms with Gasteiger partial charge in [-0.1, -0.05) is 12.1 Å². The molecule has 1 heterocycles. The average Bonchev–Trinajstić information content (AvgIpc) is 2.62. The molecular formula is C12H12O3. The van der Waals surface area contributed by atoms with Gasteiger partial charge in [-0.15, -0.1) is 0 Å². The van der Waals surface area contributed by atoms with Gasteiger partial charge in [-0.3, -0.25) is 4.79 Å². The number of hydrogen-bond acceptors (Lipinski definition) is 2. The van der Waals surface area contributed by atoms with Gasteiger partial charge in [0.05, 0.1) is 6.26 Å². The van der Waals surface area contributed by atoms with Gasteiger partial charge in [0, 0.05) is 12.0 Å². The van der Waals surface area contributed by atoms with Crippen molar-refractivity contribution in [3.8, 4) is 11.3 Å². The first kappa shape index (κ1) is 9.77. The Morgan fingerprint density at radius 3 is 3.00 bits per heavy atom. The Morgan fingerprint density at radius 2 is 2.20 bits per heavy atom. The van der Waals surface area contributed by atoms with Crippen LogP contribution in [0.25, 0.3) is 11.3 Å². The smallest absolute Gasteiger partial charge is 0.303 e. The first-order valence-corrected chi connectivity index (χ1v) is 4.94. The quantitative estimate of drug-likeness (QED) is 0.833. The molecule has 1 aliphatic carbocycles. The molecule has 0 atom stereocenters. The van der Waals surface area contributed by atoms with Crippen LogP contribution in [0.15, 0.2) is 34.9 Å². The lowest BCUT2D eigenvalue weighted by Gasteiger charge is -2.01. The predicted molar refractivity (Wildman–Crippen MR) is 55.9 cm³/mol. The highest BCUT2D eigenvalue weighted by atomic mass is 16.4. The molecule has 0 unspecified atom stereocenters. The molecule has 0 fully saturated rings. The Balaban J connectivity index is 2.06. The molecule has 0 saturated heterocycles. The van der Waals surface area contributed by atoms with E-state index in [0.29, 0.717) is 6.42 Å². The number of carbonyl (C=O) groups is 1. The minimum absolute atomic E-state index is 0.208. The van der Waals surface area contributed by atoms with Gasteiger partial charge in [0.2, 0.25) is 0 Å². The Bertz CT molecular complexity index is 430.